The molecule has 0 aromatic heterocycles. The van der Waals surface area contributed by atoms with Gasteiger partial charge in [-0.2, -0.15) is 0 Å². The summed E-state index contributed by atoms with van der Waals surface area (Å²) in [6.45, 7) is 1.01. The second-order valence-corrected chi connectivity index (χ2v) is 4.68. The molecule has 11 heavy (non-hydrogen) atoms. The van der Waals surface area contributed by atoms with E-state index in [2.05, 4.69) is 5.32 Å². The molecule has 1 fully saturated rings. The molecule has 0 spiro atoms. The van der Waals surface area contributed by atoms with Crippen molar-refractivity contribution in [3.8, 4) is 0 Å². The Kier molecular flexibility index (Phi) is 2.86. The van der Waals surface area contributed by atoms with Gasteiger partial charge >= 0.3 is 0 Å². The van der Waals surface area contributed by atoms with E-state index in [1.165, 1.54) is 0 Å². The van der Waals surface area contributed by atoms with Crippen molar-refractivity contribution >= 4 is 10.0 Å². The Morgan fingerprint density at radius 2 is 2.27 bits per heavy atom. The summed E-state index contributed by atoms with van der Waals surface area (Å²) in [6.07, 6.45) is 2.88. The minimum absolute atomic E-state index is 0.102. The van der Waals surface area contributed by atoms with Crippen LogP contribution in [0.3, 0.4) is 0 Å². The van der Waals surface area contributed by atoms with Gasteiger partial charge in [-0.05, 0) is 25.8 Å². The molecule has 0 saturated carbocycles. The molecule has 0 aromatic rings. The standard InChI is InChI=1S/C6H14N2O2S/c7-11(9,10)5-3-6-2-1-4-8-6/h6,8H,1-5H2,(H2,7,9,10)/t6-/m0/s1. The fourth-order valence-corrected chi connectivity index (χ4v) is 1.92. The zero-order valence-electron chi connectivity index (χ0n) is 6.41. The number of nitrogens with two attached hydrogens (primary N) is 1. The van der Waals surface area contributed by atoms with Gasteiger partial charge in [0.2, 0.25) is 10.0 Å². The summed E-state index contributed by atoms with van der Waals surface area (Å²) in [4.78, 5) is 0. The molecular weight excluding hydrogens is 164 g/mol. The zero-order chi connectivity index (χ0) is 8.32. The Morgan fingerprint density at radius 1 is 1.55 bits per heavy atom. The molecule has 0 radical (unpaired) electrons. The third-order valence-corrected chi connectivity index (χ3v) is 2.72. The molecule has 3 N–H and O–H groups in total. The lowest BCUT2D eigenvalue weighted by Gasteiger charge is -2.07. The molecule has 0 amide bonds. The third-order valence-electron chi connectivity index (χ3n) is 1.91. The van der Waals surface area contributed by atoms with Gasteiger partial charge in [-0.15, -0.1) is 0 Å². The number of sulfonamides is 1. The highest BCUT2D eigenvalue weighted by Crippen LogP contribution is 2.08. The van der Waals surface area contributed by atoms with Crippen LogP contribution in [0.4, 0.5) is 0 Å². The van der Waals surface area contributed by atoms with Crippen molar-refractivity contribution in [2.24, 2.45) is 5.14 Å². The Labute approximate surface area is 67.2 Å². The van der Waals surface area contributed by atoms with Crippen molar-refractivity contribution in [1.82, 2.24) is 5.32 Å². The van der Waals surface area contributed by atoms with Gasteiger partial charge in [-0.1, -0.05) is 0 Å². The van der Waals surface area contributed by atoms with Crippen molar-refractivity contribution in [3.05, 3.63) is 0 Å². The van der Waals surface area contributed by atoms with Gasteiger partial charge in [0.15, 0.2) is 0 Å². The molecule has 0 aliphatic carbocycles. The van der Waals surface area contributed by atoms with Crippen LogP contribution in [0.25, 0.3) is 0 Å². The average molecular weight is 178 g/mol. The third kappa shape index (κ3) is 3.69. The first-order valence-corrected chi connectivity index (χ1v) is 5.53. The van der Waals surface area contributed by atoms with Crippen molar-refractivity contribution < 1.29 is 8.42 Å². The highest BCUT2D eigenvalue weighted by Gasteiger charge is 2.15. The van der Waals surface area contributed by atoms with Crippen molar-refractivity contribution in [3.63, 3.8) is 0 Å². The number of hydrogen-bond acceptors (Lipinski definition) is 3. The lowest BCUT2D eigenvalue weighted by atomic mass is 10.2. The molecule has 1 saturated heterocycles. The van der Waals surface area contributed by atoms with Gasteiger partial charge in [0.25, 0.3) is 0 Å². The molecule has 0 aromatic carbocycles. The van der Waals surface area contributed by atoms with Gasteiger partial charge in [0.1, 0.15) is 0 Å². The maximum atomic E-state index is 10.5. The molecule has 5 heteroatoms. The van der Waals surface area contributed by atoms with Crippen molar-refractivity contribution in [2.45, 2.75) is 25.3 Å². The smallest absolute Gasteiger partial charge is 0.209 e. The quantitative estimate of drug-likeness (QED) is 0.607. The van der Waals surface area contributed by atoms with Crippen molar-refractivity contribution in [2.75, 3.05) is 12.3 Å². The van der Waals surface area contributed by atoms with Gasteiger partial charge in [-0.25, -0.2) is 13.6 Å². The van der Waals surface area contributed by atoms with E-state index in [0.717, 1.165) is 19.4 Å². The maximum Gasteiger partial charge on any atom is 0.209 e. The number of rotatable bonds is 3. The molecule has 1 aliphatic heterocycles. The molecule has 66 valence electrons. The average Bonchev–Trinajstić information content (AvgIpc) is 2.32. The fraction of sp³-hybridized carbons (Fsp3) is 1.00. The summed E-state index contributed by atoms with van der Waals surface area (Å²) < 4.78 is 21.1. The first-order valence-electron chi connectivity index (χ1n) is 3.82. The largest absolute Gasteiger partial charge is 0.314 e. The van der Waals surface area contributed by atoms with Crippen LogP contribution in [0.5, 0.6) is 0 Å². The molecule has 0 bridgehead atoms. The lowest BCUT2D eigenvalue weighted by molar-refractivity contribution is 0.563. The van der Waals surface area contributed by atoms with E-state index in [1.54, 1.807) is 0 Å². The summed E-state index contributed by atoms with van der Waals surface area (Å²) in [6, 6.07) is 0.369. The second-order valence-electron chi connectivity index (χ2n) is 2.95. The van der Waals surface area contributed by atoms with Gasteiger partial charge in [0, 0.05) is 6.04 Å². The zero-order valence-corrected chi connectivity index (χ0v) is 7.23. The SMILES string of the molecule is NS(=O)(=O)CC[C@@H]1CCCN1. The van der Waals surface area contributed by atoms with Crippen LogP contribution in [0.2, 0.25) is 0 Å². The summed E-state index contributed by atoms with van der Waals surface area (Å²) in [5.74, 6) is 0.102. The Morgan fingerprint density at radius 3 is 2.73 bits per heavy atom. The highest BCUT2D eigenvalue weighted by molar-refractivity contribution is 7.89. The van der Waals surface area contributed by atoms with Crippen LogP contribution in [0.15, 0.2) is 0 Å². The van der Waals surface area contributed by atoms with Crippen molar-refractivity contribution in [1.29, 1.82) is 0 Å². The summed E-state index contributed by atoms with van der Waals surface area (Å²) in [5, 5.41) is 8.07. The van der Waals surface area contributed by atoms with E-state index < -0.39 is 10.0 Å². The van der Waals surface area contributed by atoms with Crippen LogP contribution in [-0.4, -0.2) is 26.8 Å². The van der Waals surface area contributed by atoms with Crippen LogP contribution in [0.1, 0.15) is 19.3 Å². The van der Waals surface area contributed by atoms with E-state index in [4.69, 9.17) is 5.14 Å². The normalized spacial score (nSPS) is 25.7. The Hall–Kier alpha value is -0.130. The second kappa shape index (κ2) is 3.51. The molecule has 0 unspecified atom stereocenters. The van der Waals surface area contributed by atoms with Gasteiger partial charge in [0.05, 0.1) is 5.75 Å². The molecule has 1 rings (SSSR count). The number of hydrogen-bond donors (Lipinski definition) is 2. The van der Waals surface area contributed by atoms with Crippen LogP contribution in [0, 0.1) is 0 Å². The highest BCUT2D eigenvalue weighted by atomic mass is 32.2. The molecule has 1 aliphatic rings. The minimum Gasteiger partial charge on any atom is -0.314 e. The maximum absolute atomic E-state index is 10.5. The van der Waals surface area contributed by atoms with Crippen LogP contribution >= 0.6 is 0 Å². The first kappa shape index (κ1) is 8.96. The molecule has 1 heterocycles. The van der Waals surface area contributed by atoms with Crippen LogP contribution < -0.4 is 10.5 Å². The summed E-state index contributed by atoms with van der Waals surface area (Å²) >= 11 is 0. The number of primary sulfonamides is 1. The van der Waals surface area contributed by atoms with E-state index in [1.807, 2.05) is 0 Å². The van der Waals surface area contributed by atoms with Gasteiger partial charge in [-0.3, -0.25) is 0 Å². The Bertz CT molecular complexity index is 207. The van der Waals surface area contributed by atoms with E-state index in [9.17, 15) is 8.42 Å². The lowest BCUT2D eigenvalue weighted by Crippen LogP contribution is -2.26. The Balaban J connectivity index is 2.22. The predicted molar refractivity (Wildman–Crippen MR) is 43.6 cm³/mol. The molecular formula is C6H14N2O2S. The molecule has 4 nitrogen and oxygen atoms in total. The molecule has 1 atom stereocenters. The predicted octanol–water partition coefficient (Wildman–Crippen LogP) is -0.583. The monoisotopic (exact) mass is 178 g/mol. The fourth-order valence-electron chi connectivity index (χ4n) is 1.31. The van der Waals surface area contributed by atoms with E-state index in [0.29, 0.717) is 12.5 Å². The van der Waals surface area contributed by atoms with Crippen LogP contribution in [-0.2, 0) is 10.0 Å². The topological polar surface area (TPSA) is 72.2 Å². The summed E-state index contributed by atoms with van der Waals surface area (Å²) in [7, 11) is -3.25. The van der Waals surface area contributed by atoms with E-state index >= 15 is 0 Å². The first-order chi connectivity index (χ1) is 5.08. The minimum atomic E-state index is -3.25. The van der Waals surface area contributed by atoms with Gasteiger partial charge < -0.3 is 5.32 Å². The summed E-state index contributed by atoms with van der Waals surface area (Å²) in [5.41, 5.74) is 0. The van der Waals surface area contributed by atoms with E-state index in [-0.39, 0.29) is 5.75 Å². The number of nitrogens with one attached hydrogen (secondary N) is 1.